The second-order valence-corrected chi connectivity index (χ2v) is 39.2. The lowest BCUT2D eigenvalue weighted by atomic mass is 9.33. The standard InChI is InChI=1S/C114H105BN10/c1-109(2,3)76-47-55-94-86(64-76)87-65-77(110(4,5)6)48-56-95(87)123(94)83-52-54-91-99(69-83)125(97-58-50-79(112(10,11)12)67-89(97)108-120-105(72-39-27-21-28-40-72)117-106(121-108)73-41-29-22-30-42-73)101-62-75(74-59-80(113(13,14)15)63-81(60-74)114(16,17)18)61-100-102(101)115(91)90-53-51-82(122-92-45-33-31-43-84(92)85-44-32-34-46-93(85)122)68-98(90)124(100)96-57-49-78(111(7,8)9)66-88(96)107-118-103(70-35-23-19-24-36-70)116-104(119-107)71-37-25-20-26-38-71/h19-69H,1-18H3/i19D,20D,23D,24D,25D,26D,31D,32D,33D,34D,35D,36D,37D,38D,43D,44D,45D,46D. The van der Waals surface area contributed by atoms with E-state index in [0.717, 1.165) is 88.6 Å². The second kappa shape index (κ2) is 29.5. The van der Waals surface area contributed by atoms with Crippen molar-refractivity contribution in [1.29, 1.82) is 0 Å². The first-order chi connectivity index (χ1) is 67.2. The van der Waals surface area contributed by atoms with Crippen LogP contribution in [0.15, 0.2) is 309 Å². The number of para-hydroxylation sites is 2. The van der Waals surface area contributed by atoms with Crippen LogP contribution in [-0.4, -0.2) is 45.8 Å². The Morgan fingerprint density at radius 3 is 0.968 bits per heavy atom. The molecule has 11 heteroatoms. The topological polar surface area (TPSA) is 93.7 Å². The minimum Gasteiger partial charge on any atom is -0.311 e. The maximum absolute atomic E-state index is 10.1. The molecule has 2 aliphatic rings. The highest BCUT2D eigenvalue weighted by atomic mass is 15.2. The number of fused-ring (bicyclic) bond motifs is 10. The van der Waals surface area contributed by atoms with E-state index in [4.69, 9.17) is 32.6 Å². The molecule has 0 saturated carbocycles. The van der Waals surface area contributed by atoms with Gasteiger partial charge in [0.2, 0.25) is 0 Å². The number of benzene rings is 14. The Morgan fingerprint density at radius 1 is 0.240 bits per heavy atom. The van der Waals surface area contributed by atoms with Crippen molar-refractivity contribution < 1.29 is 24.7 Å². The molecule has 0 amide bonds. The average molecular weight is 1640 g/mol. The van der Waals surface area contributed by atoms with E-state index in [1.807, 2.05) is 118 Å². The number of rotatable bonds is 11. The van der Waals surface area contributed by atoms with E-state index in [9.17, 15) is 21.9 Å². The van der Waals surface area contributed by atoms with Crippen molar-refractivity contribution >= 4 is 101 Å². The SMILES string of the molecule is [2H]c1c([2H])c([2H])c(-c2nc(-c3cc(C(C)(C)C)ccc3N3c4cc(-n5c6c([2H])c([2H])c([2H])c([2H])c6c6c([2H])c([2H])c([2H])c([2H])c65)ccc4B4c5ccc(-n6c7ccc(C(C)(C)C)cc7c7cc(C(C)(C)C)ccc76)cc5N(c5ccc(C(C)(C)C)cc5-c5nc(-c6ccccc6)nc(-c6ccccc6)n5)c5cc(-c6cc(C(C)(C)C)cc(C(C)(C)C)c6)cc3c54)nc(-c3c([2H])c([2H])c([2H])c([2H])c3[2H])n2)c([2H])c1[2H]. The van der Waals surface area contributed by atoms with Crippen LogP contribution < -0.4 is 26.2 Å². The third-order valence-electron chi connectivity index (χ3n) is 24.6. The summed E-state index contributed by atoms with van der Waals surface area (Å²) in [6, 6.07) is 57.2. The van der Waals surface area contributed by atoms with Crippen LogP contribution in [0, 0.1) is 0 Å². The maximum atomic E-state index is 10.1. The molecule has 2 aliphatic heterocycles. The van der Waals surface area contributed by atoms with Crippen molar-refractivity contribution in [2.45, 2.75) is 157 Å². The van der Waals surface area contributed by atoms with Gasteiger partial charge in [0.15, 0.2) is 34.9 Å². The molecule has 0 atom stereocenters. The van der Waals surface area contributed by atoms with Gasteiger partial charge in [-0.05, 0) is 190 Å². The highest BCUT2D eigenvalue weighted by Crippen LogP contribution is 2.53. The van der Waals surface area contributed by atoms with Crippen molar-refractivity contribution in [3.05, 3.63) is 342 Å². The smallest absolute Gasteiger partial charge is 0.252 e. The molecule has 6 heterocycles. The highest BCUT2D eigenvalue weighted by Gasteiger charge is 2.46. The first-order valence-corrected chi connectivity index (χ1v) is 42.6. The predicted molar refractivity (Wildman–Crippen MR) is 526 cm³/mol. The van der Waals surface area contributed by atoms with Crippen LogP contribution in [0.25, 0.3) is 134 Å². The van der Waals surface area contributed by atoms with Gasteiger partial charge in [-0.2, -0.15) is 0 Å². The molecule has 0 saturated heterocycles. The van der Waals surface area contributed by atoms with Gasteiger partial charge in [-0.25, -0.2) is 29.9 Å². The lowest BCUT2D eigenvalue weighted by Gasteiger charge is -2.45. The Morgan fingerprint density at radius 2 is 0.576 bits per heavy atom. The van der Waals surface area contributed by atoms with Crippen LogP contribution in [0.2, 0.25) is 0 Å². The fourth-order valence-corrected chi connectivity index (χ4v) is 17.6. The summed E-state index contributed by atoms with van der Waals surface area (Å²) in [5, 5.41) is 1.83. The van der Waals surface area contributed by atoms with Crippen LogP contribution in [0.3, 0.4) is 0 Å². The van der Waals surface area contributed by atoms with E-state index >= 15 is 0 Å². The molecule has 0 aliphatic carbocycles. The summed E-state index contributed by atoms with van der Waals surface area (Å²) in [7, 11) is 0. The van der Waals surface area contributed by atoms with Gasteiger partial charge in [-0.3, -0.25) is 0 Å². The molecule has 0 radical (unpaired) electrons. The van der Waals surface area contributed by atoms with E-state index < -0.39 is 160 Å². The Balaban J connectivity index is 1.01. The van der Waals surface area contributed by atoms with Gasteiger partial charge >= 0.3 is 0 Å². The zero-order valence-electron chi connectivity index (χ0n) is 91.6. The Bertz CT molecular complexity index is 8150. The van der Waals surface area contributed by atoms with E-state index in [-0.39, 0.29) is 55.4 Å². The fraction of sp³-hybridized carbons (Fsp3) is 0.211. The molecule has 0 N–H and O–H groups in total. The van der Waals surface area contributed by atoms with Crippen molar-refractivity contribution in [2.75, 3.05) is 9.80 Å². The van der Waals surface area contributed by atoms with Gasteiger partial charge in [0, 0.05) is 89.0 Å². The molecule has 0 fully saturated rings. The minimum absolute atomic E-state index is 0.141. The monoisotopic (exact) mass is 1640 g/mol. The fourth-order valence-electron chi connectivity index (χ4n) is 17.6. The van der Waals surface area contributed by atoms with Gasteiger partial charge < -0.3 is 18.9 Å². The van der Waals surface area contributed by atoms with Crippen LogP contribution in [-0.2, 0) is 32.5 Å². The van der Waals surface area contributed by atoms with Crippen LogP contribution in [0.4, 0.5) is 34.1 Å². The summed E-state index contributed by atoms with van der Waals surface area (Å²) < 4.78 is 174. The van der Waals surface area contributed by atoms with Gasteiger partial charge in [0.1, 0.15) is 0 Å². The molecule has 125 heavy (non-hydrogen) atoms. The first-order valence-electron chi connectivity index (χ1n) is 51.6. The number of hydrogen-bond acceptors (Lipinski definition) is 8. The van der Waals surface area contributed by atoms with Gasteiger partial charge in [0.25, 0.3) is 6.71 Å². The molecule has 614 valence electrons. The predicted octanol–water partition coefficient (Wildman–Crippen LogP) is 27.8. The molecule has 14 aromatic carbocycles. The lowest BCUT2D eigenvalue weighted by Crippen LogP contribution is -2.61. The molecule has 18 aromatic rings. The molecular weight excluding hydrogens is 1520 g/mol. The Hall–Kier alpha value is -13.6. The summed E-state index contributed by atoms with van der Waals surface area (Å²) in [5.74, 6) is -0.0690. The number of hydrogen-bond donors (Lipinski definition) is 0. The van der Waals surface area contributed by atoms with Crippen molar-refractivity contribution in [1.82, 2.24) is 39.0 Å². The zero-order chi connectivity index (χ0) is 102. The molecule has 0 unspecified atom stereocenters. The molecule has 20 rings (SSSR count). The van der Waals surface area contributed by atoms with E-state index in [2.05, 4.69) is 221 Å². The van der Waals surface area contributed by atoms with Crippen LogP contribution >= 0.6 is 0 Å². The highest BCUT2D eigenvalue weighted by molar-refractivity contribution is 7.00. The van der Waals surface area contributed by atoms with Crippen molar-refractivity contribution in [3.63, 3.8) is 0 Å². The van der Waals surface area contributed by atoms with Crippen molar-refractivity contribution in [2.24, 2.45) is 0 Å². The zero-order valence-corrected chi connectivity index (χ0v) is 73.6. The normalized spacial score (nSPS) is 15.2. The summed E-state index contributed by atoms with van der Waals surface area (Å²) in [6.45, 7) is 38.3. The first kappa shape index (κ1) is 61.6. The Kier molecular flexibility index (Phi) is 14.6. The summed E-state index contributed by atoms with van der Waals surface area (Å²) in [5.41, 5.74) is 14.2. The number of nitrogens with zero attached hydrogens (tertiary/aromatic N) is 10. The summed E-state index contributed by atoms with van der Waals surface area (Å²) in [6.07, 6.45) is 0. The summed E-state index contributed by atoms with van der Waals surface area (Å²) in [4.78, 5) is 36.4. The van der Waals surface area contributed by atoms with E-state index in [0.29, 0.717) is 62.4 Å². The molecule has 4 aromatic heterocycles. The minimum atomic E-state index is -0.847. The molecule has 0 spiro atoms. The molecule has 0 bridgehead atoms. The Labute approximate surface area is 760 Å². The van der Waals surface area contributed by atoms with Gasteiger partial charge in [0.05, 0.1) is 58.1 Å². The van der Waals surface area contributed by atoms with Crippen molar-refractivity contribution in [3.8, 4) is 90.8 Å². The largest absolute Gasteiger partial charge is 0.311 e. The van der Waals surface area contributed by atoms with Gasteiger partial charge in [-0.1, -0.05) is 337 Å². The third-order valence-corrected chi connectivity index (χ3v) is 24.6. The van der Waals surface area contributed by atoms with Crippen LogP contribution in [0.1, 0.15) is 183 Å². The van der Waals surface area contributed by atoms with Crippen LogP contribution in [0.5, 0.6) is 0 Å². The summed E-state index contributed by atoms with van der Waals surface area (Å²) >= 11 is 0. The van der Waals surface area contributed by atoms with Gasteiger partial charge in [-0.15, -0.1) is 0 Å². The second-order valence-electron chi connectivity index (χ2n) is 39.2. The number of anilines is 6. The van der Waals surface area contributed by atoms with E-state index in [1.165, 1.54) is 4.57 Å². The van der Waals surface area contributed by atoms with E-state index in [1.54, 1.807) is 0 Å². The molecular formula is C114H105BN10. The average Bonchev–Trinajstić information content (AvgIpc) is 1.48. The third kappa shape index (κ3) is 14.2. The molecule has 10 nitrogen and oxygen atoms in total. The quantitative estimate of drug-likeness (QED) is 0.118. The lowest BCUT2D eigenvalue weighted by molar-refractivity contribution is 0.569. The number of aromatic nitrogens is 8. The maximum Gasteiger partial charge on any atom is 0.252 e.